The van der Waals surface area contributed by atoms with Crippen LogP contribution >= 0.6 is 15.9 Å². The van der Waals surface area contributed by atoms with Gasteiger partial charge >= 0.3 is 0 Å². The number of aryl methyl sites for hydroxylation is 1. The van der Waals surface area contributed by atoms with Crippen molar-refractivity contribution in [2.75, 3.05) is 17.6 Å². The highest BCUT2D eigenvalue weighted by Gasteiger charge is 2.16. The lowest BCUT2D eigenvalue weighted by molar-refractivity contribution is 0.416. The quantitative estimate of drug-likeness (QED) is 0.805. The number of rotatable bonds is 4. The molecule has 1 heterocycles. The van der Waals surface area contributed by atoms with E-state index >= 15 is 0 Å². The molecule has 1 aromatic heterocycles. The number of nitrogen functional groups attached to an aromatic ring is 1. The molecule has 0 aliphatic rings. The Kier molecular flexibility index (Phi) is 4.38. The minimum atomic E-state index is -3.75. The summed E-state index contributed by atoms with van der Waals surface area (Å²) in [5, 5.41) is 0. The van der Waals surface area contributed by atoms with Gasteiger partial charge in [-0.25, -0.2) is 13.4 Å². The number of hydrogen-bond donors (Lipinski definition) is 2. The SMILES string of the molecule is COc1ccc(S(=O)(=O)Nc2ccc(Br)c(C)n2)cc1N. The molecule has 2 rings (SSSR count). The monoisotopic (exact) mass is 371 g/mol. The van der Waals surface area contributed by atoms with E-state index < -0.39 is 10.0 Å². The summed E-state index contributed by atoms with van der Waals surface area (Å²) < 4.78 is 32.8. The number of methoxy groups -OCH3 is 1. The van der Waals surface area contributed by atoms with E-state index in [1.54, 1.807) is 19.1 Å². The van der Waals surface area contributed by atoms with Crippen molar-refractivity contribution in [1.82, 2.24) is 4.98 Å². The second-order valence-corrected chi connectivity index (χ2v) is 6.81. The number of halogens is 1. The molecule has 0 amide bonds. The molecule has 0 fully saturated rings. The van der Waals surface area contributed by atoms with Crippen molar-refractivity contribution < 1.29 is 13.2 Å². The minimum Gasteiger partial charge on any atom is -0.495 e. The number of nitrogens with two attached hydrogens (primary N) is 1. The number of hydrogen-bond acceptors (Lipinski definition) is 5. The summed E-state index contributed by atoms with van der Waals surface area (Å²) >= 11 is 3.31. The van der Waals surface area contributed by atoms with Crippen molar-refractivity contribution in [1.29, 1.82) is 0 Å². The molecule has 2 aromatic rings. The fourth-order valence-corrected chi connectivity index (χ4v) is 2.93. The molecule has 0 aliphatic carbocycles. The van der Waals surface area contributed by atoms with Crippen LogP contribution in [0.25, 0.3) is 0 Å². The number of benzene rings is 1. The third-order valence-corrected chi connectivity index (χ3v) is 4.96. The molecule has 0 unspecified atom stereocenters. The molecule has 0 saturated carbocycles. The minimum absolute atomic E-state index is 0.0446. The van der Waals surface area contributed by atoms with Crippen LogP contribution in [0.15, 0.2) is 39.7 Å². The zero-order chi connectivity index (χ0) is 15.6. The lowest BCUT2D eigenvalue weighted by atomic mass is 10.3. The van der Waals surface area contributed by atoms with Gasteiger partial charge in [0.2, 0.25) is 0 Å². The maximum Gasteiger partial charge on any atom is 0.263 e. The molecule has 3 N–H and O–H groups in total. The smallest absolute Gasteiger partial charge is 0.263 e. The van der Waals surface area contributed by atoms with Crippen molar-refractivity contribution in [2.24, 2.45) is 0 Å². The van der Waals surface area contributed by atoms with Gasteiger partial charge in [-0.2, -0.15) is 0 Å². The maximum atomic E-state index is 12.3. The molecule has 112 valence electrons. The fraction of sp³-hybridized carbons (Fsp3) is 0.154. The molecule has 0 atom stereocenters. The van der Waals surface area contributed by atoms with Crippen LogP contribution < -0.4 is 15.2 Å². The van der Waals surface area contributed by atoms with E-state index in [1.165, 1.54) is 25.3 Å². The van der Waals surface area contributed by atoms with Crippen LogP contribution in [0.1, 0.15) is 5.69 Å². The normalized spacial score (nSPS) is 11.2. The lowest BCUT2D eigenvalue weighted by Gasteiger charge is -2.10. The first-order valence-electron chi connectivity index (χ1n) is 5.93. The lowest BCUT2D eigenvalue weighted by Crippen LogP contribution is -2.14. The van der Waals surface area contributed by atoms with Crippen molar-refractivity contribution in [3.8, 4) is 5.75 Å². The predicted molar refractivity (Wildman–Crippen MR) is 84.9 cm³/mol. The number of pyridine rings is 1. The van der Waals surface area contributed by atoms with Crippen molar-refractivity contribution in [2.45, 2.75) is 11.8 Å². The first kappa shape index (κ1) is 15.6. The van der Waals surface area contributed by atoms with Crippen LogP contribution in [0.5, 0.6) is 5.75 Å². The zero-order valence-corrected chi connectivity index (χ0v) is 13.8. The highest BCUT2D eigenvalue weighted by Crippen LogP contribution is 2.25. The van der Waals surface area contributed by atoms with Crippen LogP contribution in [-0.2, 0) is 10.0 Å². The number of nitrogens with one attached hydrogen (secondary N) is 1. The fourth-order valence-electron chi connectivity index (χ4n) is 1.68. The first-order chi connectivity index (χ1) is 9.83. The first-order valence-corrected chi connectivity index (χ1v) is 8.20. The van der Waals surface area contributed by atoms with Crippen LogP contribution in [-0.4, -0.2) is 20.5 Å². The summed E-state index contributed by atoms with van der Waals surface area (Å²) in [4.78, 5) is 4.19. The van der Waals surface area contributed by atoms with Gasteiger partial charge in [0, 0.05) is 4.47 Å². The van der Waals surface area contributed by atoms with Gasteiger partial charge < -0.3 is 10.5 Å². The molecule has 0 radical (unpaired) electrons. The number of nitrogens with zero attached hydrogens (tertiary/aromatic N) is 1. The van der Waals surface area contributed by atoms with E-state index in [1.807, 2.05) is 0 Å². The van der Waals surface area contributed by atoms with E-state index in [2.05, 4.69) is 25.6 Å². The number of sulfonamides is 1. The van der Waals surface area contributed by atoms with E-state index in [4.69, 9.17) is 10.5 Å². The second kappa shape index (κ2) is 5.90. The topological polar surface area (TPSA) is 94.3 Å². The maximum absolute atomic E-state index is 12.3. The number of ether oxygens (including phenoxy) is 1. The van der Waals surface area contributed by atoms with Gasteiger partial charge in [-0.3, -0.25) is 4.72 Å². The molecule has 0 saturated heterocycles. The van der Waals surface area contributed by atoms with Crippen molar-refractivity contribution >= 4 is 37.5 Å². The molecule has 0 aliphatic heterocycles. The van der Waals surface area contributed by atoms with Crippen molar-refractivity contribution in [3.05, 3.63) is 40.5 Å². The highest BCUT2D eigenvalue weighted by atomic mass is 79.9. The summed E-state index contributed by atoms with van der Waals surface area (Å²) in [5.41, 5.74) is 6.66. The average molecular weight is 372 g/mol. The third kappa shape index (κ3) is 3.45. The summed E-state index contributed by atoms with van der Waals surface area (Å²) in [6.45, 7) is 1.77. The van der Waals surface area contributed by atoms with Gasteiger partial charge in [-0.15, -0.1) is 0 Å². The summed E-state index contributed by atoms with van der Waals surface area (Å²) in [7, 11) is -2.29. The molecular weight excluding hydrogens is 358 g/mol. The van der Waals surface area contributed by atoms with E-state index in [-0.39, 0.29) is 16.4 Å². The Morgan fingerprint density at radius 3 is 2.57 bits per heavy atom. The molecule has 21 heavy (non-hydrogen) atoms. The van der Waals surface area contributed by atoms with E-state index in [0.29, 0.717) is 11.4 Å². The molecular formula is C13H14BrN3O3S. The Labute approximate surface area is 131 Å². The van der Waals surface area contributed by atoms with Gasteiger partial charge in [0.1, 0.15) is 11.6 Å². The molecule has 1 aromatic carbocycles. The molecule has 0 spiro atoms. The van der Waals surface area contributed by atoms with Crippen LogP contribution in [0, 0.1) is 6.92 Å². The molecule has 8 heteroatoms. The average Bonchev–Trinajstić information content (AvgIpc) is 2.42. The largest absolute Gasteiger partial charge is 0.495 e. The summed E-state index contributed by atoms with van der Waals surface area (Å²) in [6, 6.07) is 7.56. The Morgan fingerprint density at radius 2 is 2.00 bits per heavy atom. The number of aromatic nitrogens is 1. The highest BCUT2D eigenvalue weighted by molar-refractivity contribution is 9.10. The standard InChI is InChI=1S/C13H14BrN3O3S/c1-8-10(14)4-6-13(16-8)17-21(18,19)9-3-5-12(20-2)11(15)7-9/h3-7H,15H2,1-2H3,(H,16,17). The molecule has 6 nitrogen and oxygen atoms in total. The Balaban J connectivity index is 2.33. The van der Waals surface area contributed by atoms with E-state index in [9.17, 15) is 8.42 Å². The Bertz CT molecular complexity index is 778. The van der Waals surface area contributed by atoms with Gasteiger partial charge in [0.25, 0.3) is 10.0 Å². The summed E-state index contributed by atoms with van der Waals surface area (Å²) in [6.07, 6.45) is 0. The van der Waals surface area contributed by atoms with Crippen LogP contribution in [0.3, 0.4) is 0 Å². The van der Waals surface area contributed by atoms with Crippen LogP contribution in [0.4, 0.5) is 11.5 Å². The van der Waals surface area contributed by atoms with E-state index in [0.717, 1.165) is 4.47 Å². The van der Waals surface area contributed by atoms with Gasteiger partial charge in [-0.1, -0.05) is 0 Å². The number of anilines is 2. The van der Waals surface area contributed by atoms with Gasteiger partial charge in [-0.05, 0) is 53.2 Å². The van der Waals surface area contributed by atoms with Crippen molar-refractivity contribution in [3.63, 3.8) is 0 Å². The van der Waals surface area contributed by atoms with Gasteiger partial charge in [0.15, 0.2) is 0 Å². The molecule has 0 bridgehead atoms. The third-order valence-electron chi connectivity index (χ3n) is 2.77. The summed E-state index contributed by atoms with van der Waals surface area (Å²) in [5.74, 6) is 0.664. The van der Waals surface area contributed by atoms with Gasteiger partial charge in [0.05, 0.1) is 23.4 Å². The predicted octanol–water partition coefficient (Wildman–Crippen LogP) is 2.54. The Hall–Kier alpha value is -1.80. The zero-order valence-electron chi connectivity index (χ0n) is 11.4. The second-order valence-electron chi connectivity index (χ2n) is 4.27. The Morgan fingerprint density at radius 1 is 1.29 bits per heavy atom. The van der Waals surface area contributed by atoms with Crippen LogP contribution in [0.2, 0.25) is 0 Å².